The number of benzene rings is 2. The molecular formula is C21H25N3O2. The summed E-state index contributed by atoms with van der Waals surface area (Å²) < 4.78 is 0. The van der Waals surface area contributed by atoms with Crippen molar-refractivity contribution in [2.24, 2.45) is 0 Å². The average molecular weight is 351 g/mol. The Morgan fingerprint density at radius 1 is 1.19 bits per heavy atom. The summed E-state index contributed by atoms with van der Waals surface area (Å²) in [5, 5.41) is 6.08. The predicted octanol–water partition coefficient (Wildman–Crippen LogP) is 3.73. The van der Waals surface area contributed by atoms with Crippen LogP contribution >= 0.6 is 0 Å². The van der Waals surface area contributed by atoms with E-state index >= 15 is 0 Å². The van der Waals surface area contributed by atoms with Crippen LogP contribution in [0.4, 0.5) is 17.1 Å². The van der Waals surface area contributed by atoms with E-state index < -0.39 is 0 Å². The van der Waals surface area contributed by atoms with Crippen molar-refractivity contribution in [2.45, 2.75) is 46.2 Å². The van der Waals surface area contributed by atoms with E-state index in [0.717, 1.165) is 29.0 Å². The minimum Gasteiger partial charge on any atom is -0.374 e. The van der Waals surface area contributed by atoms with Crippen molar-refractivity contribution in [3.05, 3.63) is 53.6 Å². The molecule has 2 aromatic rings. The van der Waals surface area contributed by atoms with Gasteiger partial charge in [0.25, 0.3) is 0 Å². The van der Waals surface area contributed by atoms with Crippen LogP contribution in [0.5, 0.6) is 0 Å². The molecule has 0 radical (unpaired) electrons. The van der Waals surface area contributed by atoms with E-state index in [4.69, 9.17) is 0 Å². The fraction of sp³-hybridized carbons (Fsp3) is 0.333. The SMILES string of the molecule is CC(=O)Nc1ccc(NC(C)C(=O)N2c3ccccc3CC2C)cc1C. The highest BCUT2D eigenvalue weighted by molar-refractivity contribution is 6.00. The van der Waals surface area contributed by atoms with Gasteiger partial charge in [-0.2, -0.15) is 0 Å². The number of rotatable bonds is 4. The van der Waals surface area contributed by atoms with Crippen LogP contribution in [0, 0.1) is 6.92 Å². The Morgan fingerprint density at radius 3 is 2.62 bits per heavy atom. The van der Waals surface area contributed by atoms with Crippen molar-refractivity contribution < 1.29 is 9.59 Å². The lowest BCUT2D eigenvalue weighted by Crippen LogP contribution is -2.44. The number of amides is 2. The Morgan fingerprint density at radius 2 is 1.92 bits per heavy atom. The van der Waals surface area contributed by atoms with Gasteiger partial charge in [-0.05, 0) is 62.6 Å². The van der Waals surface area contributed by atoms with E-state index in [2.05, 4.69) is 23.6 Å². The van der Waals surface area contributed by atoms with Crippen LogP contribution < -0.4 is 15.5 Å². The number of hydrogen-bond acceptors (Lipinski definition) is 3. The zero-order valence-electron chi connectivity index (χ0n) is 15.7. The Balaban J connectivity index is 1.74. The van der Waals surface area contributed by atoms with Gasteiger partial charge in [0.1, 0.15) is 6.04 Å². The lowest BCUT2D eigenvalue weighted by Gasteiger charge is -2.27. The number of carbonyl (C=O) groups excluding carboxylic acids is 2. The van der Waals surface area contributed by atoms with Gasteiger partial charge < -0.3 is 15.5 Å². The fourth-order valence-electron chi connectivity index (χ4n) is 3.51. The number of hydrogen-bond donors (Lipinski definition) is 2. The van der Waals surface area contributed by atoms with Crippen molar-refractivity contribution >= 4 is 28.9 Å². The number of aryl methyl sites for hydroxylation is 1. The Hall–Kier alpha value is -2.82. The standard InChI is InChI=1S/C21H25N3O2/c1-13-11-18(9-10-19(13)23-16(4)25)22-15(3)21(26)24-14(2)12-17-7-5-6-8-20(17)24/h5-11,14-15,22H,12H2,1-4H3,(H,23,25). The van der Waals surface area contributed by atoms with Gasteiger partial charge in [-0.3, -0.25) is 9.59 Å². The van der Waals surface area contributed by atoms with Crippen LogP contribution in [0.1, 0.15) is 31.9 Å². The molecular weight excluding hydrogens is 326 g/mol. The van der Waals surface area contributed by atoms with E-state index in [1.165, 1.54) is 12.5 Å². The summed E-state index contributed by atoms with van der Waals surface area (Å²) in [7, 11) is 0. The zero-order valence-corrected chi connectivity index (χ0v) is 15.7. The van der Waals surface area contributed by atoms with Crippen LogP contribution in [-0.2, 0) is 16.0 Å². The molecule has 0 spiro atoms. The summed E-state index contributed by atoms with van der Waals surface area (Å²) >= 11 is 0. The van der Waals surface area contributed by atoms with Gasteiger partial charge in [0.05, 0.1) is 0 Å². The molecule has 5 nitrogen and oxygen atoms in total. The van der Waals surface area contributed by atoms with E-state index in [0.29, 0.717) is 0 Å². The molecule has 0 saturated carbocycles. The summed E-state index contributed by atoms with van der Waals surface area (Å²) in [6.45, 7) is 7.38. The summed E-state index contributed by atoms with van der Waals surface area (Å²) in [5.74, 6) is -0.0370. The van der Waals surface area contributed by atoms with Crippen molar-refractivity contribution in [1.82, 2.24) is 0 Å². The molecule has 26 heavy (non-hydrogen) atoms. The average Bonchev–Trinajstić information content (AvgIpc) is 2.92. The Bertz CT molecular complexity index is 847. The highest BCUT2D eigenvalue weighted by Crippen LogP contribution is 2.32. The minimum atomic E-state index is -0.352. The number of nitrogens with one attached hydrogen (secondary N) is 2. The Kier molecular flexibility index (Phi) is 4.98. The molecule has 2 N–H and O–H groups in total. The first kappa shape index (κ1) is 18.0. The molecule has 3 rings (SSSR count). The molecule has 1 aliphatic rings. The second-order valence-electron chi connectivity index (χ2n) is 6.97. The van der Waals surface area contributed by atoms with E-state index in [1.54, 1.807) is 0 Å². The number of fused-ring (bicyclic) bond motifs is 1. The largest absolute Gasteiger partial charge is 0.374 e. The first-order valence-electron chi connectivity index (χ1n) is 8.92. The predicted molar refractivity (Wildman–Crippen MR) is 106 cm³/mol. The number of carbonyl (C=O) groups is 2. The Labute approximate surface area is 154 Å². The molecule has 0 bridgehead atoms. The molecule has 0 saturated heterocycles. The van der Waals surface area contributed by atoms with Gasteiger partial charge in [0, 0.05) is 30.0 Å². The molecule has 2 aromatic carbocycles. The molecule has 2 amide bonds. The lowest BCUT2D eigenvalue weighted by molar-refractivity contribution is -0.119. The van der Waals surface area contributed by atoms with Crippen LogP contribution in [0.15, 0.2) is 42.5 Å². The van der Waals surface area contributed by atoms with Gasteiger partial charge in [0.2, 0.25) is 11.8 Å². The number of para-hydroxylation sites is 1. The van der Waals surface area contributed by atoms with E-state index in [-0.39, 0.29) is 23.9 Å². The van der Waals surface area contributed by atoms with Gasteiger partial charge in [-0.15, -0.1) is 0 Å². The lowest BCUT2D eigenvalue weighted by atomic mass is 10.1. The number of anilines is 3. The zero-order chi connectivity index (χ0) is 18.8. The van der Waals surface area contributed by atoms with Gasteiger partial charge in [-0.1, -0.05) is 18.2 Å². The van der Waals surface area contributed by atoms with Crippen LogP contribution in [0.2, 0.25) is 0 Å². The van der Waals surface area contributed by atoms with Crippen LogP contribution in [0.25, 0.3) is 0 Å². The van der Waals surface area contributed by atoms with E-state index in [1.807, 2.05) is 55.1 Å². The third-order valence-electron chi connectivity index (χ3n) is 4.74. The first-order valence-corrected chi connectivity index (χ1v) is 8.92. The molecule has 136 valence electrons. The van der Waals surface area contributed by atoms with Crippen molar-refractivity contribution in [1.29, 1.82) is 0 Å². The maximum absolute atomic E-state index is 13.0. The van der Waals surface area contributed by atoms with Gasteiger partial charge in [0.15, 0.2) is 0 Å². The normalized spacial score (nSPS) is 16.8. The molecule has 1 aliphatic heterocycles. The minimum absolute atomic E-state index is 0.0611. The highest BCUT2D eigenvalue weighted by Gasteiger charge is 2.32. The van der Waals surface area contributed by atoms with E-state index in [9.17, 15) is 9.59 Å². The van der Waals surface area contributed by atoms with Crippen LogP contribution in [0.3, 0.4) is 0 Å². The third kappa shape index (κ3) is 3.57. The maximum Gasteiger partial charge on any atom is 0.249 e. The number of nitrogens with zero attached hydrogens (tertiary/aromatic N) is 1. The molecule has 1 heterocycles. The van der Waals surface area contributed by atoms with Crippen molar-refractivity contribution in [3.8, 4) is 0 Å². The third-order valence-corrected chi connectivity index (χ3v) is 4.74. The van der Waals surface area contributed by atoms with Gasteiger partial charge >= 0.3 is 0 Å². The molecule has 0 aliphatic carbocycles. The fourth-order valence-corrected chi connectivity index (χ4v) is 3.51. The monoisotopic (exact) mass is 351 g/mol. The first-order chi connectivity index (χ1) is 12.4. The topological polar surface area (TPSA) is 61.4 Å². The van der Waals surface area contributed by atoms with Crippen LogP contribution in [-0.4, -0.2) is 23.9 Å². The molecule has 2 unspecified atom stereocenters. The highest BCUT2D eigenvalue weighted by atomic mass is 16.2. The second kappa shape index (κ2) is 7.20. The molecule has 2 atom stereocenters. The molecule has 0 aromatic heterocycles. The maximum atomic E-state index is 13.0. The van der Waals surface area contributed by atoms with Crippen molar-refractivity contribution in [2.75, 3.05) is 15.5 Å². The smallest absolute Gasteiger partial charge is 0.249 e. The summed E-state index contributed by atoms with van der Waals surface area (Å²) in [4.78, 5) is 26.1. The van der Waals surface area contributed by atoms with Crippen molar-refractivity contribution in [3.63, 3.8) is 0 Å². The summed E-state index contributed by atoms with van der Waals surface area (Å²) in [5.41, 5.74) is 4.82. The molecule has 5 heteroatoms. The quantitative estimate of drug-likeness (QED) is 0.882. The molecule has 0 fully saturated rings. The summed E-state index contributed by atoms with van der Waals surface area (Å²) in [6, 6.07) is 13.6. The second-order valence-corrected chi connectivity index (χ2v) is 6.97. The summed E-state index contributed by atoms with van der Waals surface area (Å²) in [6.07, 6.45) is 0.888. The van der Waals surface area contributed by atoms with Gasteiger partial charge in [-0.25, -0.2) is 0 Å².